The fourth-order valence-electron chi connectivity index (χ4n) is 1.94. The van der Waals surface area contributed by atoms with Gasteiger partial charge in [-0.3, -0.25) is 4.90 Å². The summed E-state index contributed by atoms with van der Waals surface area (Å²) < 4.78 is 1.95. The maximum Gasteiger partial charge on any atom is 0.140 e. The topological polar surface area (TPSA) is 60.0 Å². The number of aryl methyl sites for hydroxylation is 1. The van der Waals surface area contributed by atoms with E-state index in [0.29, 0.717) is 5.92 Å². The minimum absolute atomic E-state index is 0.658. The van der Waals surface area contributed by atoms with Gasteiger partial charge in [-0.05, 0) is 32.4 Å². The van der Waals surface area contributed by atoms with Crippen LogP contribution in [0.1, 0.15) is 33.0 Å². The van der Waals surface area contributed by atoms with Crippen LogP contribution in [0.15, 0.2) is 6.33 Å². The molecule has 0 aliphatic rings. The number of nitrogens with two attached hydrogens (primary N) is 1. The van der Waals surface area contributed by atoms with Gasteiger partial charge >= 0.3 is 0 Å². The summed E-state index contributed by atoms with van der Waals surface area (Å²) in [6.45, 7) is 11.2. The first kappa shape index (κ1) is 14.1. The molecule has 0 amide bonds. The van der Waals surface area contributed by atoms with Crippen LogP contribution in [0.5, 0.6) is 0 Å². The standard InChI is InChI=1S/C12H25N5/c1-4-17-12(14-10-15-17)9-16(7-5-6-13)8-11(2)3/h10-11H,4-9,13H2,1-3H3. The molecule has 0 saturated carbocycles. The Labute approximate surface area is 104 Å². The van der Waals surface area contributed by atoms with Gasteiger partial charge in [0.15, 0.2) is 0 Å². The number of aromatic nitrogens is 3. The Bertz CT molecular complexity index is 308. The highest BCUT2D eigenvalue weighted by Crippen LogP contribution is 2.05. The summed E-state index contributed by atoms with van der Waals surface area (Å²) in [5, 5.41) is 4.20. The number of rotatable bonds is 8. The summed E-state index contributed by atoms with van der Waals surface area (Å²) >= 11 is 0. The van der Waals surface area contributed by atoms with Gasteiger partial charge in [-0.25, -0.2) is 9.67 Å². The van der Waals surface area contributed by atoms with Crippen molar-refractivity contribution in [1.82, 2.24) is 19.7 Å². The summed E-state index contributed by atoms with van der Waals surface area (Å²) in [5.74, 6) is 1.70. The molecule has 0 aromatic carbocycles. The van der Waals surface area contributed by atoms with E-state index < -0.39 is 0 Å². The molecule has 0 fully saturated rings. The lowest BCUT2D eigenvalue weighted by Crippen LogP contribution is -2.31. The third kappa shape index (κ3) is 4.83. The molecule has 17 heavy (non-hydrogen) atoms. The molecule has 0 aliphatic heterocycles. The van der Waals surface area contributed by atoms with Crippen LogP contribution in [0.4, 0.5) is 0 Å². The molecule has 5 nitrogen and oxygen atoms in total. The lowest BCUT2D eigenvalue weighted by atomic mass is 10.2. The molecule has 1 rings (SSSR count). The number of nitrogens with zero attached hydrogens (tertiary/aromatic N) is 4. The molecule has 0 atom stereocenters. The molecule has 0 unspecified atom stereocenters. The predicted octanol–water partition coefficient (Wildman–Crippen LogP) is 1.10. The Hall–Kier alpha value is -0.940. The summed E-state index contributed by atoms with van der Waals surface area (Å²) in [6.07, 6.45) is 2.67. The Balaban J connectivity index is 2.58. The fourth-order valence-corrected chi connectivity index (χ4v) is 1.94. The molecule has 98 valence electrons. The minimum atomic E-state index is 0.658. The summed E-state index contributed by atoms with van der Waals surface area (Å²) in [5.41, 5.74) is 5.58. The van der Waals surface area contributed by atoms with Crippen LogP contribution in [0.3, 0.4) is 0 Å². The molecule has 5 heteroatoms. The maximum atomic E-state index is 5.58. The van der Waals surface area contributed by atoms with Crippen LogP contribution in [0.2, 0.25) is 0 Å². The normalized spacial score (nSPS) is 11.6. The van der Waals surface area contributed by atoms with Crippen LogP contribution in [0.25, 0.3) is 0 Å². The maximum absolute atomic E-state index is 5.58. The molecular formula is C12H25N5. The molecule has 0 radical (unpaired) electrons. The van der Waals surface area contributed by atoms with E-state index in [1.165, 1.54) is 0 Å². The van der Waals surface area contributed by atoms with Crippen molar-refractivity contribution >= 4 is 0 Å². The summed E-state index contributed by atoms with van der Waals surface area (Å²) in [4.78, 5) is 6.73. The highest BCUT2D eigenvalue weighted by Gasteiger charge is 2.11. The summed E-state index contributed by atoms with van der Waals surface area (Å²) in [7, 11) is 0. The van der Waals surface area contributed by atoms with Crippen LogP contribution in [0, 0.1) is 5.92 Å². The zero-order chi connectivity index (χ0) is 12.7. The van der Waals surface area contributed by atoms with Crippen molar-refractivity contribution in [2.45, 2.75) is 40.3 Å². The van der Waals surface area contributed by atoms with Crippen molar-refractivity contribution in [3.63, 3.8) is 0 Å². The fraction of sp³-hybridized carbons (Fsp3) is 0.833. The molecule has 1 aromatic rings. The van der Waals surface area contributed by atoms with Gasteiger partial charge in [0.05, 0.1) is 6.54 Å². The lowest BCUT2D eigenvalue weighted by Gasteiger charge is -2.23. The zero-order valence-corrected chi connectivity index (χ0v) is 11.3. The number of hydrogen-bond donors (Lipinski definition) is 1. The smallest absolute Gasteiger partial charge is 0.140 e. The lowest BCUT2D eigenvalue weighted by molar-refractivity contribution is 0.225. The SMILES string of the molecule is CCn1ncnc1CN(CCCN)CC(C)C. The van der Waals surface area contributed by atoms with Crippen LogP contribution in [-0.4, -0.2) is 39.3 Å². The first-order chi connectivity index (χ1) is 8.17. The molecule has 1 aromatic heterocycles. The van der Waals surface area contributed by atoms with Gasteiger partial charge in [-0.15, -0.1) is 0 Å². The second-order valence-electron chi connectivity index (χ2n) is 4.76. The largest absolute Gasteiger partial charge is 0.330 e. The monoisotopic (exact) mass is 239 g/mol. The van der Waals surface area contributed by atoms with E-state index >= 15 is 0 Å². The van der Waals surface area contributed by atoms with E-state index in [-0.39, 0.29) is 0 Å². The van der Waals surface area contributed by atoms with Crippen molar-refractivity contribution in [2.24, 2.45) is 11.7 Å². The van der Waals surface area contributed by atoms with Crippen molar-refractivity contribution in [3.05, 3.63) is 12.2 Å². The zero-order valence-electron chi connectivity index (χ0n) is 11.3. The van der Waals surface area contributed by atoms with Gasteiger partial charge in [0.2, 0.25) is 0 Å². The molecule has 1 heterocycles. The number of hydrogen-bond acceptors (Lipinski definition) is 4. The van der Waals surface area contributed by atoms with Gasteiger partial charge in [-0.1, -0.05) is 13.8 Å². The molecule has 0 spiro atoms. The summed E-state index contributed by atoms with van der Waals surface area (Å²) in [6, 6.07) is 0. The van der Waals surface area contributed by atoms with E-state index in [4.69, 9.17) is 5.73 Å². The van der Waals surface area contributed by atoms with Crippen molar-refractivity contribution in [2.75, 3.05) is 19.6 Å². The second kappa shape index (κ2) is 7.40. The Morgan fingerprint density at radius 3 is 2.82 bits per heavy atom. The van der Waals surface area contributed by atoms with E-state index in [1.807, 2.05) is 4.68 Å². The van der Waals surface area contributed by atoms with Crippen LogP contribution in [-0.2, 0) is 13.1 Å². The van der Waals surface area contributed by atoms with Crippen molar-refractivity contribution < 1.29 is 0 Å². The third-order valence-electron chi connectivity index (χ3n) is 2.66. The van der Waals surface area contributed by atoms with Gasteiger partial charge in [0.25, 0.3) is 0 Å². The van der Waals surface area contributed by atoms with Crippen LogP contribution < -0.4 is 5.73 Å². The van der Waals surface area contributed by atoms with Crippen molar-refractivity contribution in [1.29, 1.82) is 0 Å². The van der Waals surface area contributed by atoms with Gasteiger partial charge in [0, 0.05) is 13.1 Å². The van der Waals surface area contributed by atoms with Gasteiger partial charge < -0.3 is 5.73 Å². The molecule has 0 aliphatic carbocycles. The molecule has 2 N–H and O–H groups in total. The predicted molar refractivity (Wildman–Crippen MR) is 69.5 cm³/mol. The van der Waals surface area contributed by atoms with E-state index in [0.717, 1.165) is 45.0 Å². The molecule has 0 bridgehead atoms. The van der Waals surface area contributed by atoms with E-state index in [1.54, 1.807) is 6.33 Å². The second-order valence-corrected chi connectivity index (χ2v) is 4.76. The first-order valence-electron chi connectivity index (χ1n) is 6.46. The van der Waals surface area contributed by atoms with E-state index in [9.17, 15) is 0 Å². The van der Waals surface area contributed by atoms with Gasteiger partial charge in [-0.2, -0.15) is 5.10 Å². The Morgan fingerprint density at radius 1 is 1.47 bits per heavy atom. The highest BCUT2D eigenvalue weighted by atomic mass is 15.3. The minimum Gasteiger partial charge on any atom is -0.330 e. The van der Waals surface area contributed by atoms with E-state index in [2.05, 4.69) is 35.8 Å². The molecule has 0 saturated heterocycles. The quantitative estimate of drug-likeness (QED) is 0.738. The van der Waals surface area contributed by atoms with Crippen molar-refractivity contribution in [3.8, 4) is 0 Å². The Morgan fingerprint density at radius 2 is 2.24 bits per heavy atom. The average Bonchev–Trinajstić information content (AvgIpc) is 2.72. The molecular weight excluding hydrogens is 214 g/mol. The van der Waals surface area contributed by atoms with Crippen LogP contribution >= 0.6 is 0 Å². The Kier molecular flexibility index (Phi) is 6.15. The van der Waals surface area contributed by atoms with Gasteiger partial charge in [0.1, 0.15) is 12.2 Å². The average molecular weight is 239 g/mol. The highest BCUT2D eigenvalue weighted by molar-refractivity contribution is 4.84. The first-order valence-corrected chi connectivity index (χ1v) is 6.46. The third-order valence-corrected chi connectivity index (χ3v) is 2.66.